The Balaban J connectivity index is 2.78. The highest BCUT2D eigenvalue weighted by molar-refractivity contribution is 5.86. The van der Waals surface area contributed by atoms with E-state index in [2.05, 4.69) is 5.10 Å². The highest BCUT2D eigenvalue weighted by Gasteiger charge is 2.15. The molecule has 0 saturated carbocycles. The zero-order chi connectivity index (χ0) is 13.3. The predicted molar refractivity (Wildman–Crippen MR) is 62.8 cm³/mol. The van der Waals surface area contributed by atoms with E-state index < -0.39 is 11.5 Å². The van der Waals surface area contributed by atoms with Crippen LogP contribution in [0.3, 0.4) is 0 Å². The minimum absolute atomic E-state index is 0.0427. The molecular formula is C11H13N3O4. The minimum Gasteiger partial charge on any atom is -0.477 e. The standard InChI is InChI=1S/C11H13N3O4/c1-3-13-8(11(16)17)5-10(15)14-9(13)4-7(12-14)6-18-2/h4-5H,3,6H2,1-2H3,(H,16,17). The number of hydrogen-bond donors (Lipinski definition) is 1. The Morgan fingerprint density at radius 2 is 2.22 bits per heavy atom. The molecule has 0 fully saturated rings. The number of nitrogens with zero attached hydrogens (tertiary/aromatic N) is 3. The van der Waals surface area contributed by atoms with Crippen molar-refractivity contribution in [1.29, 1.82) is 0 Å². The summed E-state index contributed by atoms with van der Waals surface area (Å²) in [6.45, 7) is 2.51. The number of hydrogen-bond acceptors (Lipinski definition) is 4. The lowest BCUT2D eigenvalue weighted by molar-refractivity contribution is 0.0684. The molecular weight excluding hydrogens is 238 g/mol. The summed E-state index contributed by atoms with van der Waals surface area (Å²) in [6.07, 6.45) is 0. The van der Waals surface area contributed by atoms with Gasteiger partial charge >= 0.3 is 5.97 Å². The molecule has 18 heavy (non-hydrogen) atoms. The van der Waals surface area contributed by atoms with Crippen molar-refractivity contribution in [1.82, 2.24) is 14.2 Å². The van der Waals surface area contributed by atoms with Crippen molar-refractivity contribution in [2.45, 2.75) is 20.1 Å². The molecule has 7 nitrogen and oxygen atoms in total. The monoisotopic (exact) mass is 251 g/mol. The average molecular weight is 251 g/mol. The number of aryl methyl sites for hydroxylation is 1. The highest BCUT2D eigenvalue weighted by atomic mass is 16.5. The van der Waals surface area contributed by atoms with Gasteiger partial charge in [0.05, 0.1) is 12.3 Å². The molecule has 0 unspecified atom stereocenters. The number of fused-ring (bicyclic) bond motifs is 1. The SMILES string of the molecule is CCn1c(C(=O)O)cc(=O)n2nc(COC)cc12. The lowest BCUT2D eigenvalue weighted by Crippen LogP contribution is -2.23. The van der Waals surface area contributed by atoms with E-state index in [1.807, 2.05) is 0 Å². The van der Waals surface area contributed by atoms with Crippen LogP contribution in [0.15, 0.2) is 16.9 Å². The van der Waals surface area contributed by atoms with E-state index in [9.17, 15) is 9.59 Å². The number of rotatable bonds is 4. The van der Waals surface area contributed by atoms with Gasteiger partial charge in [-0.05, 0) is 6.92 Å². The van der Waals surface area contributed by atoms with Crippen molar-refractivity contribution in [3.63, 3.8) is 0 Å². The van der Waals surface area contributed by atoms with Crippen LogP contribution in [0.2, 0.25) is 0 Å². The highest BCUT2D eigenvalue weighted by Crippen LogP contribution is 2.09. The number of aromatic carboxylic acids is 1. The largest absolute Gasteiger partial charge is 0.477 e. The third-order valence-corrected chi connectivity index (χ3v) is 2.61. The van der Waals surface area contributed by atoms with Crippen molar-refractivity contribution in [3.05, 3.63) is 33.9 Å². The van der Waals surface area contributed by atoms with Crippen LogP contribution in [0, 0.1) is 0 Å². The summed E-state index contributed by atoms with van der Waals surface area (Å²) < 4.78 is 7.65. The van der Waals surface area contributed by atoms with Crippen molar-refractivity contribution in [2.75, 3.05) is 7.11 Å². The van der Waals surface area contributed by atoms with Crippen LogP contribution in [0.5, 0.6) is 0 Å². The number of carbonyl (C=O) groups is 1. The summed E-state index contributed by atoms with van der Waals surface area (Å²) in [7, 11) is 1.53. The molecule has 0 saturated heterocycles. The van der Waals surface area contributed by atoms with E-state index in [0.717, 1.165) is 6.07 Å². The summed E-state index contributed by atoms with van der Waals surface area (Å²) in [5, 5.41) is 13.2. The zero-order valence-electron chi connectivity index (χ0n) is 10.1. The van der Waals surface area contributed by atoms with Crippen molar-refractivity contribution < 1.29 is 14.6 Å². The first-order valence-corrected chi connectivity index (χ1v) is 5.43. The van der Waals surface area contributed by atoms with Gasteiger partial charge in [0, 0.05) is 25.8 Å². The molecule has 2 aromatic heterocycles. The molecule has 0 spiro atoms. The van der Waals surface area contributed by atoms with Crippen molar-refractivity contribution >= 4 is 11.6 Å². The fraction of sp³-hybridized carbons (Fsp3) is 0.364. The second-order valence-electron chi connectivity index (χ2n) is 3.76. The summed E-state index contributed by atoms with van der Waals surface area (Å²) in [5.41, 5.74) is 0.530. The molecule has 2 heterocycles. The number of aromatic nitrogens is 3. The Labute approximate surface area is 102 Å². The number of methoxy groups -OCH3 is 1. The maximum absolute atomic E-state index is 11.8. The van der Waals surface area contributed by atoms with Gasteiger partial charge in [0.25, 0.3) is 5.56 Å². The summed E-state index contributed by atoms with van der Waals surface area (Å²) in [5.74, 6) is -1.13. The van der Waals surface area contributed by atoms with Crippen LogP contribution in [-0.4, -0.2) is 32.4 Å². The summed E-state index contributed by atoms with van der Waals surface area (Å²) in [4.78, 5) is 22.9. The smallest absolute Gasteiger partial charge is 0.352 e. The van der Waals surface area contributed by atoms with Crippen LogP contribution in [0.4, 0.5) is 0 Å². The van der Waals surface area contributed by atoms with Gasteiger partial charge in [-0.25, -0.2) is 4.79 Å². The zero-order valence-corrected chi connectivity index (χ0v) is 10.1. The van der Waals surface area contributed by atoms with E-state index in [0.29, 0.717) is 17.9 Å². The van der Waals surface area contributed by atoms with Gasteiger partial charge in [0.15, 0.2) is 0 Å². The van der Waals surface area contributed by atoms with Crippen LogP contribution in [0.25, 0.3) is 5.65 Å². The molecule has 0 radical (unpaired) electrons. The Morgan fingerprint density at radius 1 is 1.50 bits per heavy atom. The van der Waals surface area contributed by atoms with Gasteiger partial charge in [0.2, 0.25) is 0 Å². The number of ether oxygens (including phenoxy) is 1. The van der Waals surface area contributed by atoms with Gasteiger partial charge in [0.1, 0.15) is 11.3 Å². The van der Waals surface area contributed by atoms with Crippen LogP contribution in [0.1, 0.15) is 23.1 Å². The van der Waals surface area contributed by atoms with E-state index >= 15 is 0 Å². The third-order valence-electron chi connectivity index (χ3n) is 2.61. The summed E-state index contributed by atoms with van der Waals surface area (Å²) >= 11 is 0. The maximum Gasteiger partial charge on any atom is 0.352 e. The topological polar surface area (TPSA) is 85.8 Å². The molecule has 0 aliphatic rings. The van der Waals surface area contributed by atoms with Crippen LogP contribution < -0.4 is 5.56 Å². The van der Waals surface area contributed by atoms with Crippen molar-refractivity contribution in [3.8, 4) is 0 Å². The molecule has 0 amide bonds. The van der Waals surface area contributed by atoms with E-state index in [-0.39, 0.29) is 12.3 Å². The lowest BCUT2D eigenvalue weighted by Gasteiger charge is -2.09. The van der Waals surface area contributed by atoms with Gasteiger partial charge in [-0.3, -0.25) is 4.79 Å². The minimum atomic E-state index is -1.13. The molecule has 0 aliphatic heterocycles. The number of carboxylic acid groups (broad SMARTS) is 1. The van der Waals surface area contributed by atoms with E-state index in [1.54, 1.807) is 13.0 Å². The maximum atomic E-state index is 11.8. The fourth-order valence-corrected chi connectivity index (χ4v) is 1.88. The molecule has 7 heteroatoms. The molecule has 96 valence electrons. The van der Waals surface area contributed by atoms with E-state index in [4.69, 9.17) is 9.84 Å². The molecule has 0 atom stereocenters. The van der Waals surface area contributed by atoms with E-state index in [1.165, 1.54) is 16.2 Å². The fourth-order valence-electron chi connectivity index (χ4n) is 1.88. The van der Waals surface area contributed by atoms with Gasteiger partial charge < -0.3 is 14.4 Å². The average Bonchev–Trinajstić information content (AvgIpc) is 2.73. The van der Waals surface area contributed by atoms with Gasteiger partial charge in [-0.1, -0.05) is 0 Å². The normalized spacial score (nSPS) is 11.0. The van der Waals surface area contributed by atoms with Crippen LogP contribution >= 0.6 is 0 Å². The van der Waals surface area contributed by atoms with Crippen molar-refractivity contribution in [2.24, 2.45) is 0 Å². The lowest BCUT2D eigenvalue weighted by atomic mass is 10.3. The van der Waals surface area contributed by atoms with Gasteiger partial charge in [-0.15, -0.1) is 0 Å². The Hall–Kier alpha value is -2.15. The Morgan fingerprint density at radius 3 is 2.78 bits per heavy atom. The molecule has 0 aromatic carbocycles. The molecule has 1 N–H and O–H groups in total. The summed E-state index contributed by atoms with van der Waals surface area (Å²) in [6, 6.07) is 2.73. The first-order valence-electron chi connectivity index (χ1n) is 5.43. The molecule has 2 rings (SSSR count). The first kappa shape index (κ1) is 12.3. The quantitative estimate of drug-likeness (QED) is 0.848. The second-order valence-corrected chi connectivity index (χ2v) is 3.76. The molecule has 0 aliphatic carbocycles. The van der Waals surface area contributed by atoms with Gasteiger partial charge in [-0.2, -0.15) is 9.61 Å². The molecule has 2 aromatic rings. The Bertz CT molecular complexity index is 656. The first-order chi connectivity index (χ1) is 8.58. The number of carboxylic acids is 1. The Kier molecular flexibility index (Phi) is 3.15. The predicted octanol–water partition coefficient (Wildman–Crippen LogP) is 0.360. The van der Waals surface area contributed by atoms with Crippen LogP contribution in [-0.2, 0) is 17.9 Å². The molecule has 0 bridgehead atoms. The third kappa shape index (κ3) is 1.88. The second kappa shape index (κ2) is 4.61.